The van der Waals surface area contributed by atoms with Crippen LogP contribution in [-0.4, -0.2) is 17.1 Å². The van der Waals surface area contributed by atoms with Crippen LogP contribution in [0.4, 0.5) is 0 Å². The molecule has 0 fully saturated rings. The minimum absolute atomic E-state index is 0.377. The van der Waals surface area contributed by atoms with Gasteiger partial charge in [-0.05, 0) is 52.5 Å². The van der Waals surface area contributed by atoms with Crippen molar-refractivity contribution in [2.24, 2.45) is 0 Å². The van der Waals surface area contributed by atoms with Crippen LogP contribution in [0.5, 0.6) is 5.88 Å². The fourth-order valence-corrected chi connectivity index (χ4v) is 2.38. The Morgan fingerprint density at radius 3 is 2.38 bits per heavy atom. The van der Waals surface area contributed by atoms with E-state index in [9.17, 15) is 0 Å². The van der Waals surface area contributed by atoms with E-state index >= 15 is 0 Å². The summed E-state index contributed by atoms with van der Waals surface area (Å²) in [6.07, 6.45) is 1.79. The molecule has 0 N–H and O–H groups in total. The molecule has 3 nitrogen and oxygen atoms in total. The van der Waals surface area contributed by atoms with Crippen molar-refractivity contribution in [1.29, 1.82) is 0 Å². The molecule has 0 unspecified atom stereocenters. The normalized spacial score (nSPS) is 10.1. The van der Waals surface area contributed by atoms with E-state index in [1.807, 2.05) is 39.0 Å². The van der Waals surface area contributed by atoms with Gasteiger partial charge in [0.25, 0.3) is 0 Å². The van der Waals surface area contributed by atoms with Crippen LogP contribution in [0.2, 0.25) is 0 Å². The van der Waals surface area contributed by atoms with Crippen molar-refractivity contribution in [3.8, 4) is 17.1 Å². The third-order valence-corrected chi connectivity index (χ3v) is 3.40. The first-order chi connectivity index (χ1) is 10.0. The molecule has 2 heterocycles. The van der Waals surface area contributed by atoms with Crippen LogP contribution in [0.1, 0.15) is 44.9 Å². The summed E-state index contributed by atoms with van der Waals surface area (Å²) in [7, 11) is 1.64. The van der Waals surface area contributed by atoms with E-state index in [4.69, 9.17) is 4.74 Å². The molecule has 0 aromatic carbocycles. The smallest absolute Gasteiger partial charge is 0.222 e. The Balaban J connectivity index is 0.00000106. The summed E-state index contributed by atoms with van der Waals surface area (Å²) in [5.74, 6) is 1.01. The molecule has 21 heavy (non-hydrogen) atoms. The van der Waals surface area contributed by atoms with Crippen molar-refractivity contribution in [1.82, 2.24) is 9.97 Å². The Kier molecular flexibility index (Phi) is 6.82. The number of aryl methyl sites for hydroxylation is 1. The van der Waals surface area contributed by atoms with Crippen LogP contribution in [0.3, 0.4) is 0 Å². The first-order valence-electron chi connectivity index (χ1n) is 7.20. The quantitative estimate of drug-likeness (QED) is 0.745. The molecule has 114 valence electrons. The molecule has 0 bridgehead atoms. The van der Waals surface area contributed by atoms with Crippen LogP contribution < -0.4 is 4.74 Å². The lowest BCUT2D eigenvalue weighted by Gasteiger charge is -2.12. The van der Waals surface area contributed by atoms with Gasteiger partial charge in [0.05, 0.1) is 18.4 Å². The van der Waals surface area contributed by atoms with Crippen LogP contribution in [0, 0.1) is 6.92 Å². The van der Waals surface area contributed by atoms with E-state index in [-0.39, 0.29) is 0 Å². The monoisotopic (exact) mass is 350 g/mol. The third-order valence-electron chi connectivity index (χ3n) is 2.97. The molecule has 0 aliphatic carbocycles. The summed E-state index contributed by atoms with van der Waals surface area (Å²) in [5.41, 5.74) is 3.95. The summed E-state index contributed by atoms with van der Waals surface area (Å²) >= 11 is 3.43. The van der Waals surface area contributed by atoms with Gasteiger partial charge in [0.2, 0.25) is 5.88 Å². The number of hydrogen-bond donors (Lipinski definition) is 0. The van der Waals surface area contributed by atoms with Crippen LogP contribution in [0.15, 0.2) is 28.9 Å². The van der Waals surface area contributed by atoms with Crippen molar-refractivity contribution in [2.75, 3.05) is 7.11 Å². The van der Waals surface area contributed by atoms with Crippen molar-refractivity contribution in [3.63, 3.8) is 0 Å². The van der Waals surface area contributed by atoms with Gasteiger partial charge in [0.1, 0.15) is 0 Å². The highest BCUT2D eigenvalue weighted by molar-refractivity contribution is 9.10. The number of aromatic nitrogens is 2. The lowest BCUT2D eigenvalue weighted by atomic mass is 10.1. The Bertz CT molecular complexity index is 597. The minimum Gasteiger partial charge on any atom is -0.480 e. The average molecular weight is 351 g/mol. The topological polar surface area (TPSA) is 35.0 Å². The fourth-order valence-electron chi connectivity index (χ4n) is 1.93. The molecule has 0 radical (unpaired) electrons. The van der Waals surface area contributed by atoms with Gasteiger partial charge >= 0.3 is 0 Å². The molecule has 0 saturated heterocycles. The summed E-state index contributed by atoms with van der Waals surface area (Å²) in [6, 6.07) is 6.11. The van der Waals surface area contributed by atoms with Crippen LogP contribution >= 0.6 is 15.9 Å². The summed E-state index contributed by atoms with van der Waals surface area (Å²) < 4.78 is 6.38. The van der Waals surface area contributed by atoms with Gasteiger partial charge in [-0.3, -0.25) is 4.98 Å². The molecular weight excluding hydrogens is 328 g/mol. The molecule has 0 atom stereocenters. The zero-order valence-corrected chi connectivity index (χ0v) is 15.2. The molecule has 0 saturated carbocycles. The van der Waals surface area contributed by atoms with E-state index in [1.54, 1.807) is 13.3 Å². The van der Waals surface area contributed by atoms with E-state index in [0.717, 1.165) is 27.0 Å². The number of hydrogen-bond acceptors (Lipinski definition) is 3. The highest BCUT2D eigenvalue weighted by Gasteiger charge is 2.13. The second-order valence-electron chi connectivity index (χ2n) is 4.77. The molecule has 4 heteroatoms. The molecule has 2 rings (SSSR count). The Labute approximate surface area is 135 Å². The van der Waals surface area contributed by atoms with Gasteiger partial charge in [-0.25, -0.2) is 4.98 Å². The lowest BCUT2D eigenvalue weighted by molar-refractivity contribution is 0.397. The minimum atomic E-state index is 0.377. The second kappa shape index (κ2) is 8.13. The van der Waals surface area contributed by atoms with Gasteiger partial charge in [-0.15, -0.1) is 0 Å². The van der Waals surface area contributed by atoms with Crippen molar-refractivity contribution in [2.45, 2.75) is 40.5 Å². The van der Waals surface area contributed by atoms with E-state index in [0.29, 0.717) is 11.8 Å². The van der Waals surface area contributed by atoms with Crippen LogP contribution in [0.25, 0.3) is 11.3 Å². The molecular formula is C17H23BrN2O. The first-order valence-corrected chi connectivity index (χ1v) is 7.99. The molecule has 2 aromatic rings. The molecule has 0 amide bonds. The van der Waals surface area contributed by atoms with E-state index < -0.39 is 0 Å². The van der Waals surface area contributed by atoms with Crippen LogP contribution in [-0.2, 0) is 0 Å². The maximum atomic E-state index is 5.41. The summed E-state index contributed by atoms with van der Waals surface area (Å²) in [6.45, 7) is 10.3. The maximum absolute atomic E-state index is 5.41. The van der Waals surface area contributed by atoms with Crippen molar-refractivity contribution < 1.29 is 4.74 Å². The third kappa shape index (κ3) is 4.27. The second-order valence-corrected chi connectivity index (χ2v) is 5.68. The van der Waals surface area contributed by atoms with Gasteiger partial charge in [0, 0.05) is 16.4 Å². The summed E-state index contributed by atoms with van der Waals surface area (Å²) in [4.78, 5) is 9.02. The number of nitrogens with zero attached hydrogens (tertiary/aromatic N) is 2. The molecule has 2 aromatic heterocycles. The predicted octanol–water partition coefficient (Wildman–Crippen LogP) is 5.37. The van der Waals surface area contributed by atoms with Gasteiger partial charge in [-0.2, -0.15) is 0 Å². The number of pyridine rings is 2. The number of ether oxygens (including phenoxy) is 1. The number of rotatable bonds is 3. The predicted molar refractivity (Wildman–Crippen MR) is 91.9 cm³/mol. The Morgan fingerprint density at radius 1 is 1.19 bits per heavy atom. The summed E-state index contributed by atoms with van der Waals surface area (Å²) in [5, 5.41) is 0. The Morgan fingerprint density at radius 2 is 1.86 bits per heavy atom. The molecule has 0 aliphatic rings. The van der Waals surface area contributed by atoms with E-state index in [1.165, 1.54) is 0 Å². The van der Waals surface area contributed by atoms with Gasteiger partial charge in [0.15, 0.2) is 0 Å². The highest BCUT2D eigenvalue weighted by atomic mass is 79.9. The highest BCUT2D eigenvalue weighted by Crippen LogP contribution is 2.31. The Hall–Kier alpha value is -1.42. The number of halogens is 1. The zero-order valence-electron chi connectivity index (χ0n) is 13.6. The van der Waals surface area contributed by atoms with Crippen molar-refractivity contribution in [3.05, 3.63) is 40.1 Å². The lowest BCUT2D eigenvalue weighted by Crippen LogP contribution is -1.99. The zero-order chi connectivity index (χ0) is 16.0. The van der Waals surface area contributed by atoms with E-state index in [2.05, 4.69) is 39.7 Å². The first kappa shape index (κ1) is 17.6. The van der Waals surface area contributed by atoms with Gasteiger partial charge < -0.3 is 4.74 Å². The van der Waals surface area contributed by atoms with Gasteiger partial charge in [-0.1, -0.05) is 27.7 Å². The largest absolute Gasteiger partial charge is 0.480 e. The van der Waals surface area contributed by atoms with Crippen molar-refractivity contribution >= 4 is 15.9 Å². The number of methoxy groups -OCH3 is 1. The molecule has 0 spiro atoms. The fraction of sp³-hybridized carbons (Fsp3) is 0.412. The standard InChI is InChI=1S/C15H17BrN2O.C2H6/c1-9(2)13-6-5-12(15(18-13)19-4)14-10(3)7-11(16)8-17-14;1-2/h5-9H,1-4H3;1-2H3. The average Bonchev–Trinajstić information content (AvgIpc) is 2.49. The maximum Gasteiger partial charge on any atom is 0.222 e. The SMILES string of the molecule is CC.COc1nc(C(C)C)ccc1-c1ncc(Br)cc1C. The molecule has 0 aliphatic heterocycles.